The van der Waals surface area contributed by atoms with Gasteiger partial charge in [0.25, 0.3) is 5.91 Å². The van der Waals surface area contributed by atoms with Crippen molar-refractivity contribution in [1.82, 2.24) is 10.2 Å². The predicted molar refractivity (Wildman–Crippen MR) is 109 cm³/mol. The summed E-state index contributed by atoms with van der Waals surface area (Å²) in [6.45, 7) is 4.21. The molecule has 4 nitrogen and oxygen atoms in total. The van der Waals surface area contributed by atoms with Crippen molar-refractivity contribution in [3.05, 3.63) is 57.3 Å². The van der Waals surface area contributed by atoms with Crippen molar-refractivity contribution in [3.63, 3.8) is 0 Å². The highest BCUT2D eigenvalue weighted by molar-refractivity contribution is 7.14. The smallest absolute Gasteiger partial charge is 0.261 e. The summed E-state index contributed by atoms with van der Waals surface area (Å²) in [6.07, 6.45) is 6.05. The monoisotopic (exact) mass is 384 g/mol. The number of nitrogens with one attached hydrogen (secondary N) is 1. The Morgan fingerprint density at radius 2 is 1.89 bits per heavy atom. The molecule has 2 heterocycles. The normalized spacial score (nSPS) is 19.1. The van der Waals surface area contributed by atoms with E-state index in [1.54, 1.807) is 11.3 Å². The van der Waals surface area contributed by atoms with Crippen molar-refractivity contribution in [2.45, 2.75) is 38.1 Å². The summed E-state index contributed by atoms with van der Waals surface area (Å²) in [7, 11) is 0. The topological polar surface area (TPSA) is 41.6 Å². The second kappa shape index (κ2) is 9.00. The van der Waals surface area contributed by atoms with Gasteiger partial charge in [0.2, 0.25) is 0 Å². The molecule has 1 N–H and O–H groups in total. The number of hydrogen-bond donors (Lipinski definition) is 1. The third-order valence-corrected chi connectivity index (χ3v) is 6.76. The average Bonchev–Trinajstić information content (AvgIpc) is 3.00. The van der Waals surface area contributed by atoms with Crippen LogP contribution in [-0.4, -0.2) is 43.7 Å². The maximum atomic E-state index is 13.0. The number of hydrogen-bond acceptors (Lipinski definition) is 4. The second-order valence-corrected chi connectivity index (χ2v) is 8.61. The number of carbonyl (C=O) groups excluding carboxylic acids is 1. The van der Waals surface area contributed by atoms with Gasteiger partial charge >= 0.3 is 0 Å². The maximum absolute atomic E-state index is 13.0. The fourth-order valence-electron chi connectivity index (χ4n) is 3.97. The zero-order valence-electron chi connectivity index (χ0n) is 15.8. The lowest BCUT2D eigenvalue weighted by Gasteiger charge is -2.31. The third-order valence-electron chi connectivity index (χ3n) is 5.52. The molecule has 1 fully saturated rings. The Balaban J connectivity index is 1.49. The van der Waals surface area contributed by atoms with E-state index in [0.717, 1.165) is 56.1 Å². The van der Waals surface area contributed by atoms with E-state index < -0.39 is 0 Å². The minimum atomic E-state index is -0.00120. The van der Waals surface area contributed by atoms with Crippen LogP contribution in [0.5, 0.6) is 0 Å². The summed E-state index contributed by atoms with van der Waals surface area (Å²) in [5.41, 5.74) is 2.56. The number of nitrogens with zero attached hydrogens (tertiary/aromatic N) is 1. The quantitative estimate of drug-likeness (QED) is 0.797. The highest BCUT2D eigenvalue weighted by atomic mass is 32.1. The van der Waals surface area contributed by atoms with Crippen molar-refractivity contribution in [3.8, 4) is 0 Å². The highest BCUT2D eigenvalue weighted by Crippen LogP contribution is 2.29. The SMILES string of the molecule is O=C(NC(CN1CCOCC1)c1ccccc1)c1cc2c(s1)CCCCC2. The summed E-state index contributed by atoms with van der Waals surface area (Å²) in [5, 5.41) is 3.31. The lowest BCUT2D eigenvalue weighted by Crippen LogP contribution is -2.43. The van der Waals surface area contributed by atoms with Gasteiger partial charge < -0.3 is 10.1 Å². The molecule has 1 unspecified atom stereocenters. The first kappa shape index (κ1) is 18.7. The first-order valence-electron chi connectivity index (χ1n) is 10.1. The molecule has 4 rings (SSSR count). The number of fused-ring (bicyclic) bond motifs is 1. The highest BCUT2D eigenvalue weighted by Gasteiger charge is 2.22. The Kier molecular flexibility index (Phi) is 6.22. The van der Waals surface area contributed by atoms with E-state index in [-0.39, 0.29) is 11.9 Å². The maximum Gasteiger partial charge on any atom is 0.261 e. The number of rotatable bonds is 5. The summed E-state index contributed by atoms with van der Waals surface area (Å²) in [4.78, 5) is 17.7. The van der Waals surface area contributed by atoms with Crippen LogP contribution < -0.4 is 5.32 Å². The Hall–Kier alpha value is -1.69. The van der Waals surface area contributed by atoms with Gasteiger partial charge in [0, 0.05) is 24.5 Å². The molecule has 1 atom stereocenters. The summed E-state index contributed by atoms with van der Waals surface area (Å²) in [5.74, 6) is 0.0650. The van der Waals surface area contributed by atoms with E-state index >= 15 is 0 Å². The van der Waals surface area contributed by atoms with E-state index in [2.05, 4.69) is 28.4 Å². The molecule has 0 saturated carbocycles. The van der Waals surface area contributed by atoms with Gasteiger partial charge in [-0.05, 0) is 42.9 Å². The molecule has 5 heteroatoms. The van der Waals surface area contributed by atoms with E-state index in [1.165, 1.54) is 29.7 Å². The molecule has 1 amide bonds. The molecule has 0 bridgehead atoms. The number of thiophene rings is 1. The van der Waals surface area contributed by atoms with Gasteiger partial charge in [-0.3, -0.25) is 9.69 Å². The van der Waals surface area contributed by atoms with Crippen LogP contribution in [0.3, 0.4) is 0 Å². The van der Waals surface area contributed by atoms with Gasteiger partial charge in [-0.1, -0.05) is 36.8 Å². The van der Waals surface area contributed by atoms with E-state index in [9.17, 15) is 4.79 Å². The zero-order chi connectivity index (χ0) is 18.5. The first-order chi connectivity index (χ1) is 13.3. The third kappa shape index (κ3) is 4.78. The molecule has 27 heavy (non-hydrogen) atoms. The van der Waals surface area contributed by atoms with Gasteiger partial charge in [-0.15, -0.1) is 11.3 Å². The number of morpholine rings is 1. The Bertz CT molecular complexity index is 729. The van der Waals surface area contributed by atoms with E-state index in [4.69, 9.17) is 4.74 Å². The van der Waals surface area contributed by atoms with Gasteiger partial charge in [0.15, 0.2) is 0 Å². The molecular weight excluding hydrogens is 356 g/mol. The van der Waals surface area contributed by atoms with Crippen LogP contribution in [0.4, 0.5) is 0 Å². The average molecular weight is 385 g/mol. The summed E-state index contributed by atoms with van der Waals surface area (Å²) < 4.78 is 5.47. The van der Waals surface area contributed by atoms with Crippen molar-refractivity contribution >= 4 is 17.2 Å². The molecule has 2 aromatic rings. The molecule has 1 aromatic carbocycles. The summed E-state index contributed by atoms with van der Waals surface area (Å²) >= 11 is 1.69. The van der Waals surface area contributed by atoms with Crippen molar-refractivity contribution < 1.29 is 9.53 Å². The minimum Gasteiger partial charge on any atom is -0.379 e. The van der Waals surface area contributed by atoms with Crippen LogP contribution in [0.25, 0.3) is 0 Å². The molecule has 0 radical (unpaired) electrons. The van der Waals surface area contributed by atoms with Crippen LogP contribution in [0.15, 0.2) is 36.4 Å². The van der Waals surface area contributed by atoms with Gasteiger partial charge in [-0.25, -0.2) is 0 Å². The number of aryl methyl sites for hydroxylation is 2. The van der Waals surface area contributed by atoms with Gasteiger partial charge in [0.1, 0.15) is 0 Å². The van der Waals surface area contributed by atoms with Crippen LogP contribution in [0, 0.1) is 0 Å². The Morgan fingerprint density at radius 1 is 1.11 bits per heavy atom. The van der Waals surface area contributed by atoms with Gasteiger partial charge in [-0.2, -0.15) is 0 Å². The van der Waals surface area contributed by atoms with Crippen LogP contribution in [-0.2, 0) is 17.6 Å². The largest absolute Gasteiger partial charge is 0.379 e. The Morgan fingerprint density at radius 3 is 2.70 bits per heavy atom. The fraction of sp³-hybridized carbons (Fsp3) is 0.500. The molecule has 0 spiro atoms. The van der Waals surface area contributed by atoms with Crippen molar-refractivity contribution in [1.29, 1.82) is 0 Å². The van der Waals surface area contributed by atoms with Gasteiger partial charge in [0.05, 0.1) is 24.1 Å². The minimum absolute atomic E-state index is 0.00120. The lowest BCUT2D eigenvalue weighted by atomic mass is 10.1. The fourth-order valence-corrected chi connectivity index (χ4v) is 5.13. The van der Waals surface area contributed by atoms with E-state index in [0.29, 0.717) is 0 Å². The number of ether oxygens (including phenoxy) is 1. The van der Waals surface area contributed by atoms with Crippen molar-refractivity contribution in [2.75, 3.05) is 32.8 Å². The number of benzene rings is 1. The predicted octanol–water partition coefficient (Wildman–Crippen LogP) is 3.82. The molecule has 1 saturated heterocycles. The van der Waals surface area contributed by atoms with E-state index in [1.807, 2.05) is 18.2 Å². The number of carbonyl (C=O) groups is 1. The number of amides is 1. The summed E-state index contributed by atoms with van der Waals surface area (Å²) in [6, 6.07) is 12.5. The van der Waals surface area contributed by atoms with Crippen LogP contribution >= 0.6 is 11.3 Å². The Labute approximate surface area is 165 Å². The standard InChI is InChI=1S/C22H28N2O2S/c25-22(21-15-18-9-5-2-6-10-20(18)27-21)23-19(17-7-3-1-4-8-17)16-24-11-13-26-14-12-24/h1,3-4,7-8,15,19H,2,5-6,9-14,16H2,(H,23,25). The van der Waals surface area contributed by atoms with Crippen LogP contribution in [0.1, 0.15) is 51.0 Å². The molecular formula is C22H28N2O2S. The molecule has 144 valence electrons. The lowest BCUT2D eigenvalue weighted by molar-refractivity contribution is 0.0332. The molecule has 2 aliphatic rings. The van der Waals surface area contributed by atoms with Crippen molar-refractivity contribution in [2.24, 2.45) is 0 Å². The first-order valence-corrected chi connectivity index (χ1v) is 10.9. The molecule has 1 aliphatic heterocycles. The molecule has 1 aliphatic carbocycles. The van der Waals surface area contributed by atoms with Crippen LogP contribution in [0.2, 0.25) is 0 Å². The zero-order valence-corrected chi connectivity index (χ0v) is 16.6. The molecule has 1 aromatic heterocycles. The second-order valence-electron chi connectivity index (χ2n) is 7.47.